The summed E-state index contributed by atoms with van der Waals surface area (Å²) in [5.41, 5.74) is -0.0807. The molecule has 0 atom stereocenters. The third-order valence-corrected chi connectivity index (χ3v) is 2.51. The Morgan fingerprint density at radius 3 is 2.60 bits per heavy atom. The van der Waals surface area contributed by atoms with E-state index >= 15 is 0 Å². The average Bonchev–Trinajstić information content (AvgIpc) is 1.88. The Hall–Kier alpha value is -0.130. The molecule has 0 aromatic heterocycles. The molecule has 0 N–H and O–H groups in total. The second-order valence-corrected chi connectivity index (χ2v) is 3.70. The Kier molecular flexibility index (Phi) is 2.28. The number of hydrogen-bond donors (Lipinski definition) is 0. The molecular formula is C6H6F2IN. The third-order valence-electron chi connectivity index (χ3n) is 0.973. The molecule has 10 heavy (non-hydrogen) atoms. The van der Waals surface area contributed by atoms with Crippen LogP contribution in [0.25, 0.3) is 0 Å². The van der Waals surface area contributed by atoms with E-state index in [2.05, 4.69) is 3.21 Å². The Balaban J connectivity index is 2.85. The Morgan fingerprint density at radius 2 is 2.30 bits per heavy atom. The van der Waals surface area contributed by atoms with Crippen molar-refractivity contribution in [2.24, 2.45) is 3.21 Å². The van der Waals surface area contributed by atoms with Crippen LogP contribution in [0.15, 0.2) is 15.4 Å². The maximum absolute atomic E-state index is 12.4. The lowest BCUT2D eigenvalue weighted by Gasteiger charge is -2.09. The third kappa shape index (κ3) is 1.93. The van der Waals surface area contributed by atoms with E-state index in [-0.39, 0.29) is 5.71 Å². The van der Waals surface area contributed by atoms with Crippen LogP contribution < -0.4 is 0 Å². The molecule has 1 aliphatic rings. The van der Waals surface area contributed by atoms with Crippen LogP contribution in [0.5, 0.6) is 0 Å². The molecule has 0 saturated heterocycles. The normalized spacial score (nSPS) is 18.1. The highest BCUT2D eigenvalue weighted by Gasteiger charge is 2.27. The van der Waals surface area contributed by atoms with Gasteiger partial charge >= 0.3 is 0 Å². The molecule has 56 valence electrons. The molecule has 0 aromatic carbocycles. The van der Waals surface area contributed by atoms with Gasteiger partial charge in [0.2, 0.25) is 0 Å². The van der Waals surface area contributed by atoms with Crippen molar-refractivity contribution in [1.29, 1.82) is 0 Å². The fourth-order valence-electron chi connectivity index (χ4n) is 0.489. The zero-order valence-corrected chi connectivity index (χ0v) is 7.47. The number of hydrogen-bond acceptors (Lipinski definition) is 1. The zero-order chi connectivity index (χ0) is 7.61. The number of allylic oxidation sites excluding steroid dienone is 2. The van der Waals surface area contributed by atoms with E-state index in [1.807, 2.05) is 4.01 Å². The minimum Gasteiger partial charge on any atom is -0.221 e. The van der Waals surface area contributed by atoms with E-state index in [0.717, 1.165) is 6.92 Å². The predicted molar refractivity (Wildman–Crippen MR) is 47.3 cm³/mol. The SMILES string of the molecule is CC(F)(F)C1=NI=CC=C1. The summed E-state index contributed by atoms with van der Waals surface area (Å²) >= 11 is -0.495. The average molecular weight is 257 g/mol. The van der Waals surface area contributed by atoms with Crippen LogP contribution in [0.3, 0.4) is 0 Å². The fourth-order valence-corrected chi connectivity index (χ4v) is 1.93. The molecule has 1 aliphatic heterocycles. The molecule has 0 spiro atoms. The number of rotatable bonds is 1. The molecule has 1 rings (SSSR count). The molecule has 0 unspecified atom stereocenters. The van der Waals surface area contributed by atoms with Gasteiger partial charge in [-0.15, -0.1) is 0 Å². The van der Waals surface area contributed by atoms with E-state index in [0.29, 0.717) is 0 Å². The summed E-state index contributed by atoms with van der Waals surface area (Å²) < 4.78 is 30.4. The van der Waals surface area contributed by atoms with Crippen LogP contribution >= 0.6 is 21.0 Å². The maximum Gasteiger partial charge on any atom is 0.287 e. The van der Waals surface area contributed by atoms with Crippen LogP contribution in [-0.2, 0) is 0 Å². The molecule has 1 heterocycles. The lowest BCUT2D eigenvalue weighted by Crippen LogP contribution is -2.22. The Labute approximate surface area is 67.9 Å². The largest absolute Gasteiger partial charge is 0.287 e. The topological polar surface area (TPSA) is 12.4 Å². The van der Waals surface area contributed by atoms with Crippen LogP contribution in [0.4, 0.5) is 8.78 Å². The van der Waals surface area contributed by atoms with Crippen molar-refractivity contribution in [3.8, 4) is 0 Å². The summed E-state index contributed by atoms with van der Waals surface area (Å²) in [7, 11) is 0. The summed E-state index contributed by atoms with van der Waals surface area (Å²) in [6, 6.07) is 0. The molecule has 0 bridgehead atoms. The van der Waals surface area contributed by atoms with Crippen LogP contribution in [0, 0.1) is 0 Å². The minimum absolute atomic E-state index is 0.0807. The highest BCUT2D eigenvalue weighted by Crippen LogP contribution is 2.19. The van der Waals surface area contributed by atoms with E-state index in [1.165, 1.54) is 6.08 Å². The second-order valence-electron chi connectivity index (χ2n) is 1.94. The van der Waals surface area contributed by atoms with E-state index in [9.17, 15) is 8.78 Å². The van der Waals surface area contributed by atoms with E-state index < -0.39 is 26.9 Å². The Morgan fingerprint density at radius 1 is 1.60 bits per heavy atom. The van der Waals surface area contributed by atoms with Gasteiger partial charge in [-0.05, 0) is 10.1 Å². The van der Waals surface area contributed by atoms with Gasteiger partial charge in [0, 0.05) is 27.9 Å². The van der Waals surface area contributed by atoms with Crippen molar-refractivity contribution < 1.29 is 8.78 Å². The quantitative estimate of drug-likeness (QED) is 0.639. The zero-order valence-electron chi connectivity index (χ0n) is 5.31. The first-order valence-electron chi connectivity index (χ1n) is 2.69. The summed E-state index contributed by atoms with van der Waals surface area (Å²) in [5.74, 6) is -2.76. The van der Waals surface area contributed by atoms with Crippen LogP contribution in [-0.4, -0.2) is 15.6 Å². The first kappa shape index (κ1) is 7.97. The van der Waals surface area contributed by atoms with Gasteiger partial charge < -0.3 is 0 Å². The lowest BCUT2D eigenvalue weighted by atomic mass is 10.2. The first-order valence-corrected chi connectivity index (χ1v) is 4.90. The van der Waals surface area contributed by atoms with Crippen LogP contribution in [0.2, 0.25) is 0 Å². The van der Waals surface area contributed by atoms with Gasteiger partial charge in [0.05, 0.1) is 0 Å². The highest BCUT2D eigenvalue weighted by molar-refractivity contribution is 14.2. The van der Waals surface area contributed by atoms with Gasteiger partial charge in [0.15, 0.2) is 0 Å². The number of nitrogens with zero attached hydrogens (tertiary/aromatic N) is 1. The molecule has 0 aliphatic carbocycles. The van der Waals surface area contributed by atoms with Crippen molar-refractivity contribution in [3.63, 3.8) is 0 Å². The molecule has 1 nitrogen and oxygen atoms in total. The summed E-state index contributed by atoms with van der Waals surface area (Å²) in [6.45, 7) is 0.866. The fraction of sp³-hybridized carbons (Fsp3) is 0.333. The smallest absolute Gasteiger partial charge is 0.221 e. The van der Waals surface area contributed by atoms with Gasteiger partial charge in [-0.25, -0.2) is 3.21 Å². The lowest BCUT2D eigenvalue weighted by molar-refractivity contribution is 0.102. The standard InChI is InChI=1S/C6H6F2IN/c1-6(7,8)5-3-2-4-9-10-5/h2-4H,1H3. The monoisotopic (exact) mass is 257 g/mol. The molecule has 0 aromatic rings. The second kappa shape index (κ2) is 2.86. The molecule has 0 saturated carbocycles. The molecule has 0 fully saturated rings. The summed E-state index contributed by atoms with van der Waals surface area (Å²) in [6.07, 6.45) is 3.01. The maximum atomic E-state index is 12.4. The van der Waals surface area contributed by atoms with Gasteiger partial charge in [-0.2, -0.15) is 8.78 Å². The molecular weight excluding hydrogens is 251 g/mol. The number of alkyl halides is 2. The van der Waals surface area contributed by atoms with E-state index in [4.69, 9.17) is 0 Å². The Bertz CT molecular complexity index is 212. The molecule has 0 amide bonds. The molecule has 4 heteroatoms. The van der Waals surface area contributed by atoms with Gasteiger partial charge in [-0.1, -0.05) is 6.08 Å². The predicted octanol–water partition coefficient (Wildman–Crippen LogP) is 2.34. The minimum atomic E-state index is -2.76. The van der Waals surface area contributed by atoms with Gasteiger partial charge in [0.25, 0.3) is 5.92 Å². The molecule has 0 radical (unpaired) electrons. The summed E-state index contributed by atoms with van der Waals surface area (Å²) in [4.78, 5) is 0. The van der Waals surface area contributed by atoms with Crippen molar-refractivity contribution in [1.82, 2.24) is 0 Å². The van der Waals surface area contributed by atoms with Crippen LogP contribution in [0.1, 0.15) is 6.92 Å². The van der Waals surface area contributed by atoms with Gasteiger partial charge in [-0.3, -0.25) is 0 Å². The van der Waals surface area contributed by atoms with Gasteiger partial charge in [0.1, 0.15) is 5.71 Å². The number of halogens is 3. The van der Waals surface area contributed by atoms with Crippen molar-refractivity contribution in [2.75, 3.05) is 0 Å². The van der Waals surface area contributed by atoms with Crippen molar-refractivity contribution in [3.05, 3.63) is 12.2 Å². The van der Waals surface area contributed by atoms with Crippen molar-refractivity contribution >= 4 is 30.7 Å². The highest BCUT2D eigenvalue weighted by atomic mass is 127. The first-order chi connectivity index (χ1) is 4.61. The summed E-state index contributed by atoms with van der Waals surface area (Å²) in [5, 5.41) is 0. The van der Waals surface area contributed by atoms with Crippen molar-refractivity contribution in [2.45, 2.75) is 12.8 Å². The van der Waals surface area contributed by atoms with E-state index in [1.54, 1.807) is 6.08 Å².